The number of nitrogens with zero attached hydrogens (tertiary/aromatic N) is 2. The highest BCUT2D eigenvalue weighted by atomic mass is 35.5. The molecule has 0 fully saturated rings. The van der Waals surface area contributed by atoms with E-state index in [4.69, 9.17) is 11.6 Å². The van der Waals surface area contributed by atoms with Crippen LogP contribution < -0.4 is 5.32 Å². The molecule has 1 N–H and O–H groups in total. The second-order valence-corrected chi connectivity index (χ2v) is 5.10. The summed E-state index contributed by atoms with van der Waals surface area (Å²) in [5.74, 6) is -0.132. The Balaban J connectivity index is 2.07. The lowest BCUT2D eigenvalue weighted by Crippen LogP contribution is -2.24. The number of aromatic nitrogens is 2. The molecule has 2 aromatic rings. The Morgan fingerprint density at radius 1 is 1.45 bits per heavy atom. The number of rotatable bonds is 5. The molecule has 2 rings (SSSR count). The number of pyridine rings is 1. The van der Waals surface area contributed by atoms with Crippen LogP contribution in [-0.2, 0) is 20.0 Å². The van der Waals surface area contributed by atoms with Crippen molar-refractivity contribution >= 4 is 17.5 Å². The van der Waals surface area contributed by atoms with Crippen molar-refractivity contribution in [1.82, 2.24) is 14.9 Å². The smallest absolute Gasteiger partial charge is 0.251 e. The molecular weight excluding hydrogens is 274 g/mol. The van der Waals surface area contributed by atoms with Gasteiger partial charge in [0.25, 0.3) is 5.91 Å². The molecule has 0 aromatic carbocycles. The molecule has 0 aliphatic heterocycles. The number of carbonyl (C=O) groups excluding carboxylic acids is 1. The lowest BCUT2D eigenvalue weighted by atomic mass is 10.1. The highest BCUT2D eigenvalue weighted by molar-refractivity contribution is 6.29. The Labute approximate surface area is 123 Å². The predicted molar refractivity (Wildman–Crippen MR) is 79.8 cm³/mol. The van der Waals surface area contributed by atoms with Crippen LogP contribution in [0.2, 0.25) is 5.15 Å². The van der Waals surface area contributed by atoms with Gasteiger partial charge in [-0.05, 0) is 30.7 Å². The van der Waals surface area contributed by atoms with Crippen molar-refractivity contribution in [2.24, 2.45) is 7.05 Å². The van der Waals surface area contributed by atoms with Crippen LogP contribution in [0, 0.1) is 0 Å². The lowest BCUT2D eigenvalue weighted by molar-refractivity contribution is 0.0950. The minimum absolute atomic E-state index is 0.132. The molecule has 4 nitrogen and oxygen atoms in total. The van der Waals surface area contributed by atoms with Crippen LogP contribution in [-0.4, -0.2) is 15.5 Å². The molecule has 0 spiro atoms. The second-order valence-electron chi connectivity index (χ2n) is 4.71. The first-order valence-electron chi connectivity index (χ1n) is 6.65. The fraction of sp³-hybridized carbons (Fsp3) is 0.333. The van der Waals surface area contributed by atoms with Crippen LogP contribution in [0.5, 0.6) is 0 Å². The number of carbonyl (C=O) groups is 1. The molecule has 1 amide bonds. The van der Waals surface area contributed by atoms with E-state index in [2.05, 4.69) is 17.2 Å². The first kappa shape index (κ1) is 14.6. The van der Waals surface area contributed by atoms with Crippen LogP contribution >= 0.6 is 11.6 Å². The fourth-order valence-corrected chi connectivity index (χ4v) is 2.25. The Morgan fingerprint density at radius 2 is 2.25 bits per heavy atom. The van der Waals surface area contributed by atoms with E-state index in [1.165, 1.54) is 0 Å². The highest BCUT2D eigenvalue weighted by Crippen LogP contribution is 2.12. The molecule has 0 saturated carbocycles. The summed E-state index contributed by atoms with van der Waals surface area (Å²) in [4.78, 5) is 16.4. The zero-order valence-electron chi connectivity index (χ0n) is 11.7. The average molecular weight is 292 g/mol. The Kier molecular flexibility index (Phi) is 4.79. The maximum atomic E-state index is 12.2. The fourth-order valence-electron chi connectivity index (χ4n) is 2.02. The molecule has 20 heavy (non-hydrogen) atoms. The van der Waals surface area contributed by atoms with Gasteiger partial charge in [0.1, 0.15) is 5.15 Å². The number of hydrogen-bond acceptors (Lipinski definition) is 2. The largest absolute Gasteiger partial charge is 0.353 e. The number of hydrogen-bond donors (Lipinski definition) is 1. The zero-order valence-corrected chi connectivity index (χ0v) is 12.4. The maximum Gasteiger partial charge on any atom is 0.251 e. The van der Waals surface area contributed by atoms with Crippen molar-refractivity contribution in [2.75, 3.05) is 0 Å². The van der Waals surface area contributed by atoms with Crippen LogP contribution in [0.3, 0.4) is 0 Å². The number of halogens is 1. The summed E-state index contributed by atoms with van der Waals surface area (Å²) in [6.45, 7) is 2.56. The third-order valence-electron chi connectivity index (χ3n) is 3.10. The molecule has 2 aromatic heterocycles. The van der Waals surface area contributed by atoms with Crippen molar-refractivity contribution < 1.29 is 4.79 Å². The summed E-state index contributed by atoms with van der Waals surface area (Å²) in [6, 6.07) is 7.32. The normalized spacial score (nSPS) is 10.6. The zero-order chi connectivity index (χ0) is 14.5. The summed E-state index contributed by atoms with van der Waals surface area (Å²) < 4.78 is 1.97. The van der Waals surface area contributed by atoms with E-state index in [1.807, 2.05) is 29.9 Å². The van der Waals surface area contributed by atoms with E-state index in [0.717, 1.165) is 24.2 Å². The van der Waals surface area contributed by atoms with E-state index in [9.17, 15) is 4.79 Å². The predicted octanol–water partition coefficient (Wildman–Crippen LogP) is 2.96. The Bertz CT molecular complexity index is 607. The first-order chi connectivity index (χ1) is 9.60. The first-order valence-corrected chi connectivity index (χ1v) is 7.03. The average Bonchev–Trinajstić information content (AvgIpc) is 2.81. The molecule has 5 heteroatoms. The third-order valence-corrected chi connectivity index (χ3v) is 3.29. The van der Waals surface area contributed by atoms with Gasteiger partial charge in [-0.3, -0.25) is 4.79 Å². The van der Waals surface area contributed by atoms with Gasteiger partial charge in [0.15, 0.2) is 0 Å². The van der Waals surface area contributed by atoms with Gasteiger partial charge in [-0.1, -0.05) is 24.9 Å². The monoisotopic (exact) mass is 291 g/mol. The SMILES string of the molecule is CCCc1cc(C(=O)NCc2cccn2C)cc(Cl)n1. The van der Waals surface area contributed by atoms with Gasteiger partial charge < -0.3 is 9.88 Å². The standard InChI is InChI=1S/C15H18ClN3O/c1-3-5-12-8-11(9-14(16)18-12)15(20)17-10-13-6-4-7-19(13)2/h4,6-9H,3,5,10H2,1-2H3,(H,17,20). The van der Waals surface area contributed by atoms with Gasteiger partial charge in [-0.25, -0.2) is 4.98 Å². The van der Waals surface area contributed by atoms with Gasteiger partial charge >= 0.3 is 0 Å². The molecule has 0 atom stereocenters. The van der Waals surface area contributed by atoms with Crippen LogP contribution in [0.4, 0.5) is 0 Å². The molecule has 0 bridgehead atoms. The highest BCUT2D eigenvalue weighted by Gasteiger charge is 2.09. The Morgan fingerprint density at radius 3 is 2.90 bits per heavy atom. The quantitative estimate of drug-likeness (QED) is 0.861. The molecule has 0 radical (unpaired) electrons. The minimum atomic E-state index is -0.132. The maximum absolute atomic E-state index is 12.2. The van der Waals surface area contributed by atoms with E-state index >= 15 is 0 Å². The van der Waals surface area contributed by atoms with Crippen molar-refractivity contribution in [3.63, 3.8) is 0 Å². The molecule has 0 aliphatic carbocycles. The molecule has 0 aliphatic rings. The summed E-state index contributed by atoms with van der Waals surface area (Å²) >= 11 is 5.96. The molecule has 0 saturated heterocycles. The third kappa shape index (κ3) is 3.61. The topological polar surface area (TPSA) is 46.9 Å². The molecule has 2 heterocycles. The van der Waals surface area contributed by atoms with Crippen molar-refractivity contribution in [2.45, 2.75) is 26.3 Å². The number of nitrogens with one attached hydrogen (secondary N) is 1. The van der Waals surface area contributed by atoms with Crippen LogP contribution in [0.1, 0.15) is 35.1 Å². The van der Waals surface area contributed by atoms with E-state index in [0.29, 0.717) is 17.3 Å². The second kappa shape index (κ2) is 6.57. The van der Waals surface area contributed by atoms with E-state index < -0.39 is 0 Å². The molecule has 0 unspecified atom stereocenters. The van der Waals surface area contributed by atoms with Gasteiger partial charge in [-0.2, -0.15) is 0 Å². The minimum Gasteiger partial charge on any atom is -0.353 e. The summed E-state index contributed by atoms with van der Waals surface area (Å²) in [7, 11) is 1.95. The van der Waals surface area contributed by atoms with Crippen molar-refractivity contribution in [1.29, 1.82) is 0 Å². The van der Waals surface area contributed by atoms with Gasteiger partial charge in [0.05, 0.1) is 6.54 Å². The van der Waals surface area contributed by atoms with Gasteiger partial charge in [-0.15, -0.1) is 0 Å². The number of amides is 1. The Hall–Kier alpha value is -1.81. The van der Waals surface area contributed by atoms with Crippen molar-refractivity contribution in [3.8, 4) is 0 Å². The molecule has 106 valence electrons. The van der Waals surface area contributed by atoms with Crippen LogP contribution in [0.15, 0.2) is 30.5 Å². The van der Waals surface area contributed by atoms with Gasteiger partial charge in [0, 0.05) is 30.2 Å². The number of aryl methyl sites for hydroxylation is 2. The lowest BCUT2D eigenvalue weighted by Gasteiger charge is -2.08. The van der Waals surface area contributed by atoms with Crippen LogP contribution in [0.25, 0.3) is 0 Å². The van der Waals surface area contributed by atoms with E-state index in [1.54, 1.807) is 12.1 Å². The van der Waals surface area contributed by atoms with E-state index in [-0.39, 0.29) is 5.91 Å². The summed E-state index contributed by atoms with van der Waals surface area (Å²) in [5.41, 5.74) is 2.46. The van der Waals surface area contributed by atoms with Gasteiger partial charge in [0.2, 0.25) is 0 Å². The summed E-state index contributed by atoms with van der Waals surface area (Å²) in [6.07, 6.45) is 3.74. The van der Waals surface area contributed by atoms with Crippen molar-refractivity contribution in [3.05, 3.63) is 52.6 Å². The summed E-state index contributed by atoms with van der Waals surface area (Å²) in [5, 5.41) is 3.25. The molecular formula is C15H18ClN3O.